The van der Waals surface area contributed by atoms with E-state index >= 15 is 0 Å². The molecule has 5 heteroatoms. The van der Waals surface area contributed by atoms with Gasteiger partial charge >= 0.3 is 0 Å². The lowest BCUT2D eigenvalue weighted by molar-refractivity contribution is 0.0991. The first-order valence-corrected chi connectivity index (χ1v) is 7.55. The lowest BCUT2D eigenvalue weighted by atomic mass is 10.1. The number of ketones is 1. The van der Waals surface area contributed by atoms with Crippen molar-refractivity contribution in [2.24, 2.45) is 0 Å². The third-order valence-corrected chi connectivity index (χ3v) is 3.92. The third kappa shape index (κ3) is 2.67. The van der Waals surface area contributed by atoms with Gasteiger partial charge in [-0.2, -0.15) is 0 Å². The molecule has 0 N–H and O–H groups in total. The number of hydrogen-bond acceptors (Lipinski definition) is 2. The first-order valence-electron chi connectivity index (χ1n) is 6.32. The highest BCUT2D eigenvalue weighted by molar-refractivity contribution is 9.10. The Labute approximate surface area is 132 Å². The Morgan fingerprint density at radius 1 is 1.35 bits per heavy atom. The van der Waals surface area contributed by atoms with E-state index in [1.165, 1.54) is 0 Å². The summed E-state index contributed by atoms with van der Waals surface area (Å²) in [5.41, 5.74) is 3.55. The third-order valence-electron chi connectivity index (χ3n) is 3.29. The quantitative estimate of drug-likeness (QED) is 0.605. The summed E-state index contributed by atoms with van der Waals surface area (Å²) in [6.07, 6.45) is 1.76. The summed E-state index contributed by atoms with van der Waals surface area (Å²) < 4.78 is 2.93. The molecule has 2 aromatic rings. The molecule has 0 saturated heterocycles. The molecule has 0 bridgehead atoms. The summed E-state index contributed by atoms with van der Waals surface area (Å²) in [5.74, 6) is 0.783. The van der Waals surface area contributed by atoms with Gasteiger partial charge in [0.15, 0.2) is 5.78 Å². The maximum absolute atomic E-state index is 12.1. The van der Waals surface area contributed by atoms with Crippen LogP contribution >= 0.6 is 27.5 Å². The minimum absolute atomic E-state index is 0.0548. The Balaban J connectivity index is 2.61. The first-order chi connectivity index (χ1) is 9.32. The van der Waals surface area contributed by atoms with E-state index in [1.54, 1.807) is 13.1 Å². The van der Waals surface area contributed by atoms with E-state index in [1.807, 2.05) is 37.5 Å². The maximum atomic E-state index is 12.1. The van der Waals surface area contributed by atoms with E-state index in [9.17, 15) is 4.79 Å². The fourth-order valence-corrected chi connectivity index (χ4v) is 2.88. The second kappa shape index (κ2) is 5.70. The number of rotatable bonds is 3. The van der Waals surface area contributed by atoms with Crippen LogP contribution in [0.15, 0.2) is 22.8 Å². The summed E-state index contributed by atoms with van der Waals surface area (Å²) in [4.78, 5) is 16.6. The van der Waals surface area contributed by atoms with Crippen LogP contribution in [0.5, 0.6) is 0 Å². The van der Waals surface area contributed by atoms with E-state index < -0.39 is 5.38 Å². The SMILES string of the molecule is Cc1cc(Br)cnc1-n1c(C)cc(C(=O)C(C)Cl)c1C. The van der Waals surface area contributed by atoms with Crippen LogP contribution in [-0.4, -0.2) is 20.7 Å². The minimum atomic E-state index is -0.525. The second-order valence-electron chi connectivity index (χ2n) is 4.89. The van der Waals surface area contributed by atoms with Gasteiger partial charge in [-0.1, -0.05) is 0 Å². The van der Waals surface area contributed by atoms with Crippen molar-refractivity contribution in [3.63, 3.8) is 0 Å². The smallest absolute Gasteiger partial charge is 0.182 e. The summed E-state index contributed by atoms with van der Waals surface area (Å²) in [7, 11) is 0. The Morgan fingerprint density at radius 2 is 2.00 bits per heavy atom. The van der Waals surface area contributed by atoms with Crippen molar-refractivity contribution in [2.45, 2.75) is 33.1 Å². The summed E-state index contributed by atoms with van der Waals surface area (Å²) >= 11 is 9.32. The summed E-state index contributed by atoms with van der Waals surface area (Å²) in [5, 5.41) is -0.525. The predicted octanol–water partition coefficient (Wildman–Crippen LogP) is 4.37. The van der Waals surface area contributed by atoms with Gasteiger partial charge in [-0.05, 0) is 61.3 Å². The standard InChI is InChI=1S/C15H16BrClN2O/c1-8-5-12(16)7-18-15(8)19-9(2)6-13(11(19)4)14(20)10(3)17/h5-7,10H,1-4H3. The zero-order valence-corrected chi connectivity index (χ0v) is 14.2. The molecular formula is C15H16BrClN2O. The zero-order chi connectivity index (χ0) is 15.0. The van der Waals surface area contributed by atoms with Gasteiger partial charge in [-0.3, -0.25) is 4.79 Å². The Bertz CT molecular complexity index is 677. The monoisotopic (exact) mass is 354 g/mol. The van der Waals surface area contributed by atoms with Crippen LogP contribution < -0.4 is 0 Å². The lowest BCUT2D eigenvalue weighted by Gasteiger charge is -2.12. The van der Waals surface area contributed by atoms with Crippen molar-refractivity contribution < 1.29 is 4.79 Å². The molecule has 2 heterocycles. The number of carbonyl (C=O) groups excluding carboxylic acids is 1. The molecule has 0 amide bonds. The second-order valence-corrected chi connectivity index (χ2v) is 6.46. The van der Waals surface area contributed by atoms with Gasteiger partial charge in [0.1, 0.15) is 5.82 Å². The first kappa shape index (κ1) is 15.3. The van der Waals surface area contributed by atoms with Crippen molar-refractivity contribution in [1.82, 2.24) is 9.55 Å². The topological polar surface area (TPSA) is 34.9 Å². The van der Waals surface area contributed by atoms with Crippen molar-refractivity contribution in [2.75, 3.05) is 0 Å². The van der Waals surface area contributed by atoms with E-state index in [2.05, 4.69) is 20.9 Å². The normalized spacial score (nSPS) is 12.5. The molecular weight excluding hydrogens is 340 g/mol. The molecule has 1 atom stereocenters. The summed E-state index contributed by atoms with van der Waals surface area (Å²) in [6, 6.07) is 3.88. The molecule has 106 valence electrons. The number of halogens is 2. The van der Waals surface area contributed by atoms with Crippen molar-refractivity contribution in [3.8, 4) is 5.82 Å². The van der Waals surface area contributed by atoms with Crippen LogP contribution in [0.3, 0.4) is 0 Å². The molecule has 0 aliphatic carbocycles. The van der Waals surface area contributed by atoms with Gasteiger partial charge in [0.2, 0.25) is 0 Å². The van der Waals surface area contributed by atoms with Crippen molar-refractivity contribution >= 4 is 33.3 Å². The predicted molar refractivity (Wildman–Crippen MR) is 85.1 cm³/mol. The number of carbonyl (C=O) groups is 1. The number of alkyl halides is 1. The average Bonchev–Trinajstić information content (AvgIpc) is 2.65. The average molecular weight is 356 g/mol. The zero-order valence-electron chi connectivity index (χ0n) is 11.9. The van der Waals surface area contributed by atoms with Gasteiger partial charge in [0.25, 0.3) is 0 Å². The molecule has 2 aromatic heterocycles. The van der Waals surface area contributed by atoms with Crippen LogP contribution in [0.4, 0.5) is 0 Å². The van der Waals surface area contributed by atoms with Gasteiger partial charge < -0.3 is 4.57 Å². The fraction of sp³-hybridized carbons (Fsp3) is 0.333. The number of nitrogens with zero attached hydrogens (tertiary/aromatic N) is 2. The number of pyridine rings is 1. The molecule has 0 aliphatic heterocycles. The fourth-order valence-electron chi connectivity index (χ4n) is 2.32. The van der Waals surface area contributed by atoms with E-state index in [4.69, 9.17) is 11.6 Å². The summed E-state index contributed by atoms with van der Waals surface area (Å²) in [6.45, 7) is 7.57. The Kier molecular flexibility index (Phi) is 4.35. The lowest BCUT2D eigenvalue weighted by Crippen LogP contribution is -2.12. The Morgan fingerprint density at radius 3 is 2.55 bits per heavy atom. The van der Waals surface area contributed by atoms with Crippen LogP contribution in [-0.2, 0) is 0 Å². The molecule has 0 aromatic carbocycles. The molecule has 0 radical (unpaired) electrons. The number of aryl methyl sites for hydroxylation is 2. The van der Waals surface area contributed by atoms with Gasteiger partial charge in [-0.15, -0.1) is 11.6 Å². The van der Waals surface area contributed by atoms with E-state index in [0.717, 1.165) is 27.2 Å². The molecule has 1 unspecified atom stereocenters. The molecule has 0 saturated carbocycles. The van der Waals surface area contributed by atoms with Crippen LogP contribution in [0.25, 0.3) is 5.82 Å². The molecule has 0 spiro atoms. The minimum Gasteiger partial charge on any atom is -0.302 e. The highest BCUT2D eigenvalue weighted by Gasteiger charge is 2.21. The van der Waals surface area contributed by atoms with Gasteiger partial charge in [0.05, 0.1) is 5.38 Å². The van der Waals surface area contributed by atoms with Gasteiger partial charge in [-0.25, -0.2) is 4.98 Å². The van der Waals surface area contributed by atoms with Crippen molar-refractivity contribution in [1.29, 1.82) is 0 Å². The number of Topliss-reactive ketones (excluding diaryl/α,β-unsaturated/α-hetero) is 1. The Hall–Kier alpha value is -1.13. The molecule has 2 rings (SSSR count). The van der Waals surface area contributed by atoms with E-state index in [0.29, 0.717) is 5.56 Å². The van der Waals surface area contributed by atoms with Crippen LogP contribution in [0.1, 0.15) is 34.2 Å². The van der Waals surface area contributed by atoms with Crippen LogP contribution in [0, 0.1) is 20.8 Å². The van der Waals surface area contributed by atoms with Crippen molar-refractivity contribution in [3.05, 3.63) is 45.3 Å². The molecule has 3 nitrogen and oxygen atoms in total. The highest BCUT2D eigenvalue weighted by atomic mass is 79.9. The van der Waals surface area contributed by atoms with Gasteiger partial charge in [0, 0.05) is 27.6 Å². The molecule has 20 heavy (non-hydrogen) atoms. The maximum Gasteiger partial charge on any atom is 0.182 e. The highest BCUT2D eigenvalue weighted by Crippen LogP contribution is 2.24. The largest absolute Gasteiger partial charge is 0.302 e. The van der Waals surface area contributed by atoms with E-state index in [-0.39, 0.29) is 5.78 Å². The van der Waals surface area contributed by atoms with Crippen LogP contribution in [0.2, 0.25) is 0 Å². The number of aromatic nitrogens is 2. The molecule has 0 fully saturated rings. The molecule has 0 aliphatic rings. The number of hydrogen-bond donors (Lipinski definition) is 0.